The molecule has 2 aromatic rings. The molecular weight excluding hydrogens is 375 g/mol. The highest BCUT2D eigenvalue weighted by Gasteiger charge is 2.07. The summed E-state index contributed by atoms with van der Waals surface area (Å²) in [4.78, 5) is 0.628. The fraction of sp³-hybridized carbons (Fsp3) is 0.167. The molecule has 0 bridgehead atoms. The maximum Gasteiger partial charge on any atom is 0.186 e. The Labute approximate surface area is 159 Å². The lowest BCUT2D eigenvalue weighted by atomic mass is 10.2. The molecule has 26 heavy (non-hydrogen) atoms. The van der Waals surface area contributed by atoms with Gasteiger partial charge in [-0.25, -0.2) is 13.7 Å². The van der Waals surface area contributed by atoms with Gasteiger partial charge >= 0.3 is 0 Å². The molecule has 2 rings (SSSR count). The number of thiocarbonyl (C=S) groups is 1. The van der Waals surface area contributed by atoms with Crippen LogP contribution in [0.1, 0.15) is 19.4 Å². The van der Waals surface area contributed by atoms with Crippen LogP contribution in [0.5, 0.6) is 0 Å². The normalized spacial score (nSPS) is 11.9. The zero-order chi connectivity index (χ0) is 19.7. The molecule has 0 aliphatic heterocycles. The number of benzene rings is 2. The molecule has 0 saturated heterocycles. The van der Waals surface area contributed by atoms with E-state index in [-0.39, 0.29) is 5.82 Å². The number of halogens is 1. The zero-order valence-electron chi connectivity index (χ0n) is 14.2. The van der Waals surface area contributed by atoms with Crippen molar-refractivity contribution in [2.24, 2.45) is 0 Å². The van der Waals surface area contributed by atoms with Crippen LogP contribution in [0, 0.1) is 17.7 Å². The Morgan fingerprint density at radius 2 is 1.92 bits per heavy atom. The van der Waals surface area contributed by atoms with Crippen molar-refractivity contribution in [3.8, 4) is 11.8 Å². The van der Waals surface area contributed by atoms with Crippen LogP contribution in [-0.4, -0.2) is 30.1 Å². The minimum Gasteiger partial charge on any atom is -0.399 e. The van der Waals surface area contributed by atoms with Crippen molar-refractivity contribution in [3.05, 3.63) is 59.9 Å². The summed E-state index contributed by atoms with van der Waals surface area (Å²) in [6.45, 7) is 3.31. The van der Waals surface area contributed by atoms with Crippen molar-refractivity contribution < 1.29 is 18.4 Å². The highest BCUT2D eigenvalue weighted by atomic mass is 32.2. The van der Waals surface area contributed by atoms with E-state index >= 15 is 0 Å². The third kappa shape index (κ3) is 7.72. The molecule has 0 aliphatic carbocycles. The van der Waals surface area contributed by atoms with Gasteiger partial charge < -0.3 is 10.3 Å². The van der Waals surface area contributed by atoms with Crippen molar-refractivity contribution in [1.82, 2.24) is 5.06 Å². The Bertz CT molecular complexity index is 811. The second kappa shape index (κ2) is 10.6. The fourth-order valence-corrected chi connectivity index (χ4v) is 2.25. The Morgan fingerprint density at radius 3 is 2.42 bits per heavy atom. The summed E-state index contributed by atoms with van der Waals surface area (Å²) in [6.07, 6.45) is 0. The minimum atomic E-state index is -2.02. The molecule has 2 atom stereocenters. The second-order valence-electron chi connectivity index (χ2n) is 5.14. The van der Waals surface area contributed by atoms with Crippen LogP contribution in [0.25, 0.3) is 0 Å². The van der Waals surface area contributed by atoms with E-state index in [2.05, 4.69) is 11.8 Å². The molecule has 0 aromatic heterocycles. The third-order valence-electron chi connectivity index (χ3n) is 3.02. The van der Waals surface area contributed by atoms with Crippen LogP contribution in [0.2, 0.25) is 0 Å². The Balaban J connectivity index is 0.000000350. The molecule has 4 N–H and O–H groups in total. The maximum atomic E-state index is 12.0. The summed E-state index contributed by atoms with van der Waals surface area (Å²) in [5.74, 6) is 5.37. The molecule has 0 amide bonds. The van der Waals surface area contributed by atoms with Gasteiger partial charge in [0.05, 0.1) is 4.90 Å². The molecule has 2 aromatic carbocycles. The predicted molar refractivity (Wildman–Crippen MR) is 105 cm³/mol. The van der Waals surface area contributed by atoms with Gasteiger partial charge in [0, 0.05) is 11.3 Å². The van der Waals surface area contributed by atoms with Gasteiger partial charge in [0.25, 0.3) is 0 Å². The van der Waals surface area contributed by atoms with E-state index in [1.54, 1.807) is 32.0 Å². The van der Waals surface area contributed by atoms with Crippen molar-refractivity contribution in [3.63, 3.8) is 0 Å². The number of nitrogens with two attached hydrogens (primary N) is 1. The van der Waals surface area contributed by atoms with Crippen molar-refractivity contribution in [1.29, 1.82) is 0 Å². The van der Waals surface area contributed by atoms with Crippen LogP contribution in [0.3, 0.4) is 0 Å². The van der Waals surface area contributed by atoms with Gasteiger partial charge in [-0.15, -0.1) is 0 Å². The van der Waals surface area contributed by atoms with Crippen molar-refractivity contribution >= 4 is 34.0 Å². The van der Waals surface area contributed by atoms with Gasteiger partial charge in [0.2, 0.25) is 0 Å². The van der Waals surface area contributed by atoms with E-state index in [9.17, 15) is 13.8 Å². The lowest BCUT2D eigenvalue weighted by molar-refractivity contribution is -0.0279. The minimum absolute atomic E-state index is 0.251. The Kier molecular flexibility index (Phi) is 8.88. The first kappa shape index (κ1) is 21.7. The quantitative estimate of drug-likeness (QED) is 0.238. The first-order valence-electron chi connectivity index (χ1n) is 7.43. The summed E-state index contributed by atoms with van der Waals surface area (Å²) < 4.78 is 31.9. The number of nitrogens with zero attached hydrogens (tertiary/aromatic N) is 1. The second-order valence-corrected chi connectivity index (χ2v) is 6.70. The zero-order valence-corrected chi connectivity index (χ0v) is 15.9. The SMILES string of the molecule is CC(=S)N(O)C(C)C#Cc1cccc(S(=O)O)c1.Nc1ccc(F)cc1. The van der Waals surface area contributed by atoms with Crippen molar-refractivity contribution in [2.45, 2.75) is 24.8 Å². The van der Waals surface area contributed by atoms with Crippen molar-refractivity contribution in [2.75, 3.05) is 5.73 Å². The van der Waals surface area contributed by atoms with Gasteiger partial charge in [-0.1, -0.05) is 30.1 Å². The Hall–Kier alpha value is -2.31. The molecule has 0 fully saturated rings. The van der Waals surface area contributed by atoms with Gasteiger partial charge in [0.1, 0.15) is 16.8 Å². The lowest BCUT2D eigenvalue weighted by Gasteiger charge is -2.17. The lowest BCUT2D eigenvalue weighted by Crippen LogP contribution is -2.31. The third-order valence-corrected chi connectivity index (χ3v) is 3.86. The monoisotopic (exact) mass is 394 g/mol. The van der Waals surface area contributed by atoms with Crippen LogP contribution in [0.4, 0.5) is 10.1 Å². The van der Waals surface area contributed by atoms with Gasteiger partial charge in [-0.3, -0.25) is 5.21 Å². The maximum absolute atomic E-state index is 12.0. The predicted octanol–water partition coefficient (Wildman–Crippen LogP) is 3.45. The first-order chi connectivity index (χ1) is 12.2. The highest BCUT2D eigenvalue weighted by Crippen LogP contribution is 2.07. The van der Waals surface area contributed by atoms with Gasteiger partial charge in [-0.2, -0.15) is 0 Å². The average Bonchev–Trinajstić information content (AvgIpc) is 2.62. The molecular formula is C18H19FN2O3S2. The molecule has 0 radical (unpaired) electrons. The highest BCUT2D eigenvalue weighted by molar-refractivity contribution is 7.80. The summed E-state index contributed by atoms with van der Waals surface area (Å²) in [7, 11) is 0. The molecule has 5 nitrogen and oxygen atoms in total. The number of rotatable bonds is 2. The largest absolute Gasteiger partial charge is 0.399 e. The van der Waals surface area contributed by atoms with Crippen LogP contribution in [0.15, 0.2) is 53.4 Å². The van der Waals surface area contributed by atoms with E-state index in [1.807, 2.05) is 0 Å². The Morgan fingerprint density at radius 1 is 1.31 bits per heavy atom. The summed E-state index contributed by atoms with van der Waals surface area (Å²) >= 11 is 2.80. The van der Waals surface area contributed by atoms with E-state index in [0.29, 0.717) is 21.1 Å². The number of anilines is 1. The number of hydroxylamine groups is 2. The number of hydrogen-bond donors (Lipinski definition) is 3. The van der Waals surface area contributed by atoms with E-state index in [0.717, 1.165) is 5.06 Å². The first-order valence-corrected chi connectivity index (χ1v) is 8.94. The molecule has 0 saturated carbocycles. The molecule has 0 spiro atoms. The number of hydrogen-bond acceptors (Lipinski definition) is 4. The summed E-state index contributed by atoms with van der Waals surface area (Å²) in [6, 6.07) is 11.7. The molecule has 0 aliphatic rings. The average molecular weight is 394 g/mol. The van der Waals surface area contributed by atoms with Gasteiger partial charge in [-0.05, 0) is 56.3 Å². The van der Waals surface area contributed by atoms with E-state index in [4.69, 9.17) is 22.5 Å². The van der Waals surface area contributed by atoms with Gasteiger partial charge in [0.15, 0.2) is 11.1 Å². The van der Waals surface area contributed by atoms with E-state index in [1.165, 1.54) is 30.3 Å². The van der Waals surface area contributed by atoms with Crippen LogP contribution < -0.4 is 5.73 Å². The van der Waals surface area contributed by atoms with Crippen LogP contribution in [-0.2, 0) is 11.1 Å². The molecule has 138 valence electrons. The smallest absolute Gasteiger partial charge is 0.186 e. The summed E-state index contributed by atoms with van der Waals surface area (Å²) in [5, 5.41) is 10.4. The standard InChI is InChI=1S/C12H13NO3S2.C6H6FN/c1-9(13(14)10(2)17)6-7-11-4-3-5-12(8-11)18(15)16;7-5-1-3-6(8)4-2-5/h3-5,8-9,14H,1-2H3,(H,15,16);1-4H,8H2. The summed E-state index contributed by atoms with van der Waals surface area (Å²) in [5.41, 5.74) is 6.46. The molecule has 8 heteroatoms. The fourth-order valence-electron chi connectivity index (χ4n) is 1.67. The number of nitrogen functional groups attached to an aromatic ring is 1. The topological polar surface area (TPSA) is 86.8 Å². The molecule has 0 heterocycles. The van der Waals surface area contributed by atoms with Crippen LogP contribution >= 0.6 is 12.2 Å². The molecule has 2 unspecified atom stereocenters. The van der Waals surface area contributed by atoms with E-state index < -0.39 is 17.1 Å².